The van der Waals surface area contributed by atoms with Gasteiger partial charge in [-0.2, -0.15) is 0 Å². The molecule has 2 fully saturated rings. The third-order valence-corrected chi connectivity index (χ3v) is 8.49. The van der Waals surface area contributed by atoms with Crippen molar-refractivity contribution in [3.05, 3.63) is 29.8 Å². The molecule has 0 radical (unpaired) electrons. The number of hydrogen-bond donors (Lipinski definition) is 0. The van der Waals surface area contributed by atoms with Gasteiger partial charge in [-0.15, -0.1) is 0 Å². The fraction of sp³-hybridized carbons (Fsp3) is 0.750. The zero-order chi connectivity index (χ0) is 23.2. The molecule has 0 saturated heterocycles. The molecule has 3 rings (SSSR count). The summed E-state index contributed by atoms with van der Waals surface area (Å²) >= 11 is 0. The maximum Gasteiger partial charge on any atom is 0.344 e. The summed E-state index contributed by atoms with van der Waals surface area (Å²) in [4.78, 5) is 12.5. The van der Waals surface area contributed by atoms with E-state index in [1.807, 2.05) is 12.1 Å². The lowest BCUT2D eigenvalue weighted by atomic mass is 9.69. The van der Waals surface area contributed by atoms with Crippen LogP contribution in [0.15, 0.2) is 24.3 Å². The molecule has 1 aromatic rings. The number of hydrogen-bond acceptors (Lipinski definition) is 3. The molecule has 0 aliphatic heterocycles. The van der Waals surface area contributed by atoms with Gasteiger partial charge >= 0.3 is 5.97 Å². The van der Waals surface area contributed by atoms with E-state index in [9.17, 15) is 4.79 Å². The van der Waals surface area contributed by atoms with Crippen LogP contribution in [0.25, 0.3) is 0 Å². The molecule has 174 valence electrons. The minimum absolute atomic E-state index is 0.0182. The first kappa shape index (κ1) is 24.1. The number of esters is 1. The van der Waals surface area contributed by atoms with Crippen molar-refractivity contribution in [2.45, 2.75) is 100 Å². The van der Waals surface area contributed by atoms with Gasteiger partial charge < -0.3 is 9.47 Å². The number of benzene rings is 1. The summed E-state index contributed by atoms with van der Waals surface area (Å²) in [6, 6.07) is 8.29. The van der Waals surface area contributed by atoms with Gasteiger partial charge in [0.05, 0.1) is 0 Å². The van der Waals surface area contributed by atoms with Crippen LogP contribution in [0, 0.1) is 27.6 Å². The number of ether oxygens (including phenoxy) is 2. The smallest absolute Gasteiger partial charge is 0.344 e. The van der Waals surface area contributed by atoms with Crippen molar-refractivity contribution >= 4 is 5.97 Å². The maximum absolute atomic E-state index is 12.5. The highest BCUT2D eigenvalue weighted by Crippen LogP contribution is 2.66. The Bertz CT molecular complexity index is 778. The summed E-state index contributed by atoms with van der Waals surface area (Å²) in [5, 5.41) is 0. The van der Waals surface area contributed by atoms with Crippen molar-refractivity contribution in [3.8, 4) is 5.75 Å². The Kier molecular flexibility index (Phi) is 6.32. The lowest BCUT2D eigenvalue weighted by molar-refractivity contribution is -0.159. The Hall–Kier alpha value is -1.51. The Morgan fingerprint density at radius 1 is 1.06 bits per heavy atom. The van der Waals surface area contributed by atoms with E-state index in [-0.39, 0.29) is 40.3 Å². The van der Waals surface area contributed by atoms with E-state index >= 15 is 0 Å². The van der Waals surface area contributed by atoms with Gasteiger partial charge in [0.25, 0.3) is 0 Å². The van der Waals surface area contributed by atoms with Gasteiger partial charge in [0.2, 0.25) is 0 Å². The largest absolute Gasteiger partial charge is 0.482 e. The summed E-state index contributed by atoms with van der Waals surface area (Å²) in [5.74, 6) is 1.60. The summed E-state index contributed by atoms with van der Waals surface area (Å²) in [7, 11) is 0. The SMILES string of the molecule is CC(C)(C)CC(c1ccc(OCC(=O)OC2CC3CCC2(C)C3(C)C)cc1)C(C)(C)C. The van der Waals surface area contributed by atoms with Gasteiger partial charge in [0.1, 0.15) is 11.9 Å². The molecule has 0 heterocycles. The molecule has 0 aromatic heterocycles. The second kappa shape index (κ2) is 8.12. The number of carbonyl (C=O) groups excluding carboxylic acids is 1. The maximum atomic E-state index is 12.5. The summed E-state index contributed by atoms with van der Waals surface area (Å²) in [6.07, 6.45) is 4.54. The molecule has 0 spiro atoms. The zero-order valence-electron chi connectivity index (χ0n) is 21.3. The quantitative estimate of drug-likeness (QED) is 0.443. The fourth-order valence-corrected chi connectivity index (χ4v) is 5.98. The summed E-state index contributed by atoms with van der Waals surface area (Å²) < 4.78 is 11.7. The highest BCUT2D eigenvalue weighted by atomic mass is 16.6. The molecule has 4 atom stereocenters. The predicted octanol–water partition coefficient (Wildman–Crippen LogP) is 7.39. The summed E-state index contributed by atoms with van der Waals surface area (Å²) in [6.45, 7) is 20.8. The van der Waals surface area contributed by atoms with E-state index in [0.29, 0.717) is 11.8 Å². The van der Waals surface area contributed by atoms with Gasteiger partial charge in [-0.1, -0.05) is 74.4 Å². The molecule has 3 nitrogen and oxygen atoms in total. The van der Waals surface area contributed by atoms with Gasteiger partial charge in [-0.25, -0.2) is 4.79 Å². The van der Waals surface area contributed by atoms with Crippen molar-refractivity contribution in [3.63, 3.8) is 0 Å². The minimum Gasteiger partial charge on any atom is -0.482 e. The molecule has 2 aliphatic rings. The first-order valence-corrected chi connectivity index (χ1v) is 12.1. The molecule has 1 aromatic carbocycles. The van der Waals surface area contributed by atoms with Crippen molar-refractivity contribution in [2.24, 2.45) is 27.6 Å². The lowest BCUT2D eigenvalue weighted by Crippen LogP contribution is -2.39. The summed E-state index contributed by atoms with van der Waals surface area (Å²) in [5.41, 5.74) is 2.11. The average Bonchev–Trinajstić information content (AvgIpc) is 2.97. The third kappa shape index (κ3) is 4.96. The van der Waals surface area contributed by atoms with E-state index in [0.717, 1.165) is 25.0 Å². The van der Waals surface area contributed by atoms with E-state index in [1.54, 1.807) is 0 Å². The number of rotatable bonds is 6. The first-order chi connectivity index (χ1) is 14.1. The monoisotopic (exact) mass is 428 g/mol. The minimum atomic E-state index is -0.251. The van der Waals surface area contributed by atoms with Crippen LogP contribution in [0.5, 0.6) is 5.75 Å². The molecule has 31 heavy (non-hydrogen) atoms. The fourth-order valence-electron chi connectivity index (χ4n) is 5.98. The predicted molar refractivity (Wildman–Crippen MR) is 127 cm³/mol. The topological polar surface area (TPSA) is 35.5 Å². The molecule has 2 aliphatic carbocycles. The second-order valence-corrected chi connectivity index (χ2v) is 13.1. The highest BCUT2D eigenvalue weighted by molar-refractivity contribution is 5.71. The first-order valence-electron chi connectivity index (χ1n) is 12.1. The Labute approximate surface area is 190 Å². The molecule has 3 heteroatoms. The molecule has 0 N–H and O–H groups in total. The normalized spacial score (nSPS) is 28.4. The van der Waals surface area contributed by atoms with E-state index < -0.39 is 0 Å². The van der Waals surface area contributed by atoms with Gasteiger partial charge in [-0.05, 0) is 71.5 Å². The number of carbonyl (C=O) groups is 1. The molecule has 0 amide bonds. The molecule has 2 saturated carbocycles. The van der Waals surface area contributed by atoms with Gasteiger partial charge in [0, 0.05) is 5.41 Å². The molecular formula is C28H44O3. The zero-order valence-corrected chi connectivity index (χ0v) is 21.3. The van der Waals surface area contributed by atoms with Crippen molar-refractivity contribution in [2.75, 3.05) is 6.61 Å². The van der Waals surface area contributed by atoms with Gasteiger partial charge in [0.15, 0.2) is 6.61 Å². The van der Waals surface area contributed by atoms with Crippen LogP contribution in [0.2, 0.25) is 0 Å². The standard InChI is InChI=1S/C28H44O3/c1-25(2,3)17-22(26(4,5)6)19-10-12-21(13-11-19)30-18-24(29)31-23-16-20-14-15-28(23,9)27(20,7)8/h10-13,20,22-23H,14-18H2,1-9H3. The van der Waals surface area contributed by atoms with Crippen LogP contribution in [-0.2, 0) is 9.53 Å². The second-order valence-electron chi connectivity index (χ2n) is 13.1. The van der Waals surface area contributed by atoms with Crippen LogP contribution in [0.3, 0.4) is 0 Å². The Balaban J connectivity index is 1.57. The molecule has 4 unspecified atom stereocenters. The van der Waals surface area contributed by atoms with Crippen molar-refractivity contribution < 1.29 is 14.3 Å². The van der Waals surface area contributed by atoms with Crippen LogP contribution >= 0.6 is 0 Å². The Morgan fingerprint density at radius 3 is 2.13 bits per heavy atom. The lowest BCUT2D eigenvalue weighted by Gasteiger charge is -2.38. The van der Waals surface area contributed by atoms with Crippen LogP contribution < -0.4 is 4.74 Å². The van der Waals surface area contributed by atoms with E-state index in [4.69, 9.17) is 9.47 Å². The Morgan fingerprint density at radius 2 is 1.68 bits per heavy atom. The van der Waals surface area contributed by atoms with Gasteiger partial charge in [-0.3, -0.25) is 0 Å². The third-order valence-electron chi connectivity index (χ3n) is 8.49. The van der Waals surface area contributed by atoms with Crippen molar-refractivity contribution in [1.29, 1.82) is 0 Å². The number of fused-ring (bicyclic) bond motifs is 2. The van der Waals surface area contributed by atoms with Crippen LogP contribution in [0.4, 0.5) is 0 Å². The molecular weight excluding hydrogens is 384 g/mol. The van der Waals surface area contributed by atoms with Crippen molar-refractivity contribution in [1.82, 2.24) is 0 Å². The molecule has 2 bridgehead atoms. The van der Waals surface area contributed by atoms with Crippen LogP contribution in [-0.4, -0.2) is 18.7 Å². The average molecular weight is 429 g/mol. The van der Waals surface area contributed by atoms with E-state index in [2.05, 4.69) is 74.4 Å². The van der Waals surface area contributed by atoms with Crippen LogP contribution in [0.1, 0.15) is 99.5 Å². The van der Waals surface area contributed by atoms with E-state index in [1.165, 1.54) is 12.0 Å². The highest BCUT2D eigenvalue weighted by Gasteiger charge is 2.62.